The maximum Gasteiger partial charge on any atom is 0.338 e. The molecule has 23 heavy (non-hydrogen) atoms. The van der Waals surface area contributed by atoms with Crippen molar-refractivity contribution in [3.63, 3.8) is 0 Å². The largest absolute Gasteiger partial charge is 0.460 e. The zero-order valence-corrected chi connectivity index (χ0v) is 14.8. The standard InChI is InChI=1S/C16H19BrN2O4/c1-10-13(15(20)23-9-8-22-3)14(18-16(21)19(10)2)11-6-4-5-7-12(11)17/h4-7,14H,8-9H2,1-3H3,(H,18,21). The van der Waals surface area contributed by atoms with Crippen molar-refractivity contribution in [3.05, 3.63) is 45.6 Å². The Bertz CT molecular complexity index is 645. The van der Waals surface area contributed by atoms with Crippen LogP contribution in [0.3, 0.4) is 0 Å². The average molecular weight is 383 g/mol. The number of nitrogens with one attached hydrogen (secondary N) is 1. The highest BCUT2D eigenvalue weighted by atomic mass is 79.9. The second-order valence-electron chi connectivity index (χ2n) is 5.09. The number of halogens is 1. The van der Waals surface area contributed by atoms with Crippen molar-refractivity contribution >= 4 is 27.9 Å². The Labute approximate surface area is 143 Å². The van der Waals surface area contributed by atoms with E-state index >= 15 is 0 Å². The summed E-state index contributed by atoms with van der Waals surface area (Å²) in [5, 5.41) is 2.84. The van der Waals surface area contributed by atoms with Gasteiger partial charge in [-0.3, -0.25) is 0 Å². The van der Waals surface area contributed by atoms with Crippen LogP contribution >= 0.6 is 15.9 Å². The zero-order valence-electron chi connectivity index (χ0n) is 13.3. The molecule has 1 aliphatic heterocycles. The molecule has 6 nitrogen and oxygen atoms in total. The minimum absolute atomic E-state index is 0.159. The Hall–Kier alpha value is -1.86. The van der Waals surface area contributed by atoms with E-state index in [-0.39, 0.29) is 12.6 Å². The van der Waals surface area contributed by atoms with Crippen LogP contribution in [0.1, 0.15) is 18.5 Å². The van der Waals surface area contributed by atoms with Gasteiger partial charge >= 0.3 is 12.0 Å². The van der Waals surface area contributed by atoms with Crippen molar-refractivity contribution in [2.75, 3.05) is 27.4 Å². The summed E-state index contributed by atoms with van der Waals surface area (Å²) in [5.41, 5.74) is 1.78. The van der Waals surface area contributed by atoms with Crippen molar-refractivity contribution in [2.45, 2.75) is 13.0 Å². The van der Waals surface area contributed by atoms with Crippen LogP contribution in [0.2, 0.25) is 0 Å². The molecular formula is C16H19BrN2O4. The first-order valence-electron chi connectivity index (χ1n) is 7.12. The number of hydrogen-bond acceptors (Lipinski definition) is 4. The summed E-state index contributed by atoms with van der Waals surface area (Å²) in [4.78, 5) is 26.0. The Balaban J connectivity index is 2.40. The number of benzene rings is 1. The number of urea groups is 1. The first kappa shape index (κ1) is 17.5. The van der Waals surface area contributed by atoms with E-state index < -0.39 is 12.0 Å². The molecule has 1 aromatic rings. The molecule has 1 N–H and O–H groups in total. The number of esters is 1. The quantitative estimate of drug-likeness (QED) is 0.627. The van der Waals surface area contributed by atoms with E-state index in [0.29, 0.717) is 17.9 Å². The molecule has 0 aliphatic carbocycles. The first-order chi connectivity index (χ1) is 11.0. The Kier molecular flexibility index (Phi) is 5.79. The third-order valence-corrected chi connectivity index (χ3v) is 4.43. The molecule has 1 aromatic carbocycles. The minimum atomic E-state index is -0.565. The molecule has 0 fully saturated rings. The van der Waals surface area contributed by atoms with Gasteiger partial charge in [0.25, 0.3) is 0 Å². The summed E-state index contributed by atoms with van der Waals surface area (Å²) in [6.07, 6.45) is 0. The monoisotopic (exact) mass is 382 g/mol. The highest BCUT2D eigenvalue weighted by Crippen LogP contribution is 2.34. The van der Waals surface area contributed by atoms with E-state index in [0.717, 1.165) is 10.0 Å². The normalized spacial score (nSPS) is 18.0. The van der Waals surface area contributed by atoms with Crippen LogP contribution in [0.5, 0.6) is 0 Å². The van der Waals surface area contributed by atoms with E-state index in [1.807, 2.05) is 24.3 Å². The van der Waals surface area contributed by atoms with Gasteiger partial charge in [0, 0.05) is 24.3 Å². The van der Waals surface area contributed by atoms with Gasteiger partial charge in [-0.1, -0.05) is 34.1 Å². The molecule has 0 spiro atoms. The summed E-state index contributed by atoms with van der Waals surface area (Å²) in [5.74, 6) is -0.466. The van der Waals surface area contributed by atoms with Crippen LogP contribution in [-0.4, -0.2) is 44.3 Å². The molecule has 1 atom stereocenters. The van der Waals surface area contributed by atoms with Crippen LogP contribution in [0, 0.1) is 0 Å². The number of ether oxygens (including phenoxy) is 2. The van der Waals surface area contributed by atoms with Gasteiger partial charge in [-0.05, 0) is 18.6 Å². The molecule has 1 aliphatic rings. The van der Waals surface area contributed by atoms with Crippen LogP contribution in [0.15, 0.2) is 40.0 Å². The number of allylic oxidation sites excluding steroid dienone is 1. The number of carbonyl (C=O) groups is 2. The van der Waals surface area contributed by atoms with E-state index in [9.17, 15) is 9.59 Å². The SMILES string of the molecule is COCCOC(=O)C1=C(C)N(C)C(=O)NC1c1ccccc1Br. The lowest BCUT2D eigenvalue weighted by molar-refractivity contribution is -0.140. The van der Waals surface area contributed by atoms with Crippen LogP contribution in [0.25, 0.3) is 0 Å². The van der Waals surface area contributed by atoms with Crippen LogP contribution in [-0.2, 0) is 14.3 Å². The lowest BCUT2D eigenvalue weighted by Crippen LogP contribution is -2.46. The fourth-order valence-electron chi connectivity index (χ4n) is 2.34. The van der Waals surface area contributed by atoms with Gasteiger partial charge in [0.05, 0.1) is 18.2 Å². The van der Waals surface area contributed by atoms with Gasteiger partial charge in [0.15, 0.2) is 0 Å². The number of carbonyl (C=O) groups excluding carboxylic acids is 2. The van der Waals surface area contributed by atoms with Crippen LogP contribution in [0.4, 0.5) is 4.79 Å². The summed E-state index contributed by atoms with van der Waals surface area (Å²) in [7, 11) is 3.15. The van der Waals surface area contributed by atoms with Crippen molar-refractivity contribution in [3.8, 4) is 0 Å². The zero-order chi connectivity index (χ0) is 17.0. The molecule has 1 heterocycles. The Morgan fingerprint density at radius 1 is 1.35 bits per heavy atom. The van der Waals surface area contributed by atoms with Gasteiger partial charge in [-0.25, -0.2) is 9.59 Å². The number of rotatable bonds is 5. The van der Waals surface area contributed by atoms with Crippen molar-refractivity contribution < 1.29 is 19.1 Å². The van der Waals surface area contributed by atoms with Crippen molar-refractivity contribution in [2.24, 2.45) is 0 Å². The number of nitrogens with zero attached hydrogens (tertiary/aromatic N) is 1. The molecular weight excluding hydrogens is 364 g/mol. The number of methoxy groups -OCH3 is 1. The third-order valence-electron chi connectivity index (χ3n) is 3.71. The predicted molar refractivity (Wildman–Crippen MR) is 88.7 cm³/mol. The molecule has 0 radical (unpaired) electrons. The van der Waals surface area contributed by atoms with E-state index in [1.54, 1.807) is 14.0 Å². The molecule has 2 rings (SSSR count). The Morgan fingerprint density at radius 3 is 2.70 bits per heavy atom. The fourth-order valence-corrected chi connectivity index (χ4v) is 2.85. The van der Waals surface area contributed by atoms with Gasteiger partial charge in [0.2, 0.25) is 0 Å². The molecule has 0 bridgehead atoms. The van der Waals surface area contributed by atoms with Gasteiger partial charge in [0.1, 0.15) is 6.61 Å². The van der Waals surface area contributed by atoms with E-state index in [4.69, 9.17) is 9.47 Å². The number of amides is 2. The second kappa shape index (κ2) is 7.61. The Morgan fingerprint density at radius 2 is 2.04 bits per heavy atom. The molecule has 124 valence electrons. The van der Waals surface area contributed by atoms with Crippen molar-refractivity contribution in [1.82, 2.24) is 10.2 Å². The maximum absolute atomic E-state index is 12.5. The lowest BCUT2D eigenvalue weighted by atomic mass is 9.95. The number of hydrogen-bond donors (Lipinski definition) is 1. The topological polar surface area (TPSA) is 67.9 Å². The summed E-state index contributed by atoms with van der Waals surface area (Å²) < 4.78 is 11.0. The van der Waals surface area contributed by atoms with Crippen LogP contribution < -0.4 is 5.32 Å². The lowest BCUT2D eigenvalue weighted by Gasteiger charge is -2.33. The van der Waals surface area contributed by atoms with E-state index in [1.165, 1.54) is 12.0 Å². The molecule has 2 amide bonds. The van der Waals surface area contributed by atoms with E-state index in [2.05, 4.69) is 21.2 Å². The van der Waals surface area contributed by atoms with Crippen molar-refractivity contribution in [1.29, 1.82) is 0 Å². The smallest absolute Gasteiger partial charge is 0.338 e. The van der Waals surface area contributed by atoms with Gasteiger partial charge < -0.3 is 19.7 Å². The first-order valence-corrected chi connectivity index (χ1v) is 7.92. The summed E-state index contributed by atoms with van der Waals surface area (Å²) in [6.45, 7) is 2.21. The molecule has 0 aromatic heterocycles. The average Bonchev–Trinajstić information content (AvgIpc) is 2.53. The van der Waals surface area contributed by atoms with Gasteiger partial charge in [-0.15, -0.1) is 0 Å². The molecule has 7 heteroatoms. The highest BCUT2D eigenvalue weighted by Gasteiger charge is 2.35. The second-order valence-corrected chi connectivity index (χ2v) is 5.95. The summed E-state index contributed by atoms with van der Waals surface area (Å²) >= 11 is 3.47. The summed E-state index contributed by atoms with van der Waals surface area (Å²) in [6, 6.07) is 6.62. The highest BCUT2D eigenvalue weighted by molar-refractivity contribution is 9.10. The maximum atomic E-state index is 12.5. The fraction of sp³-hybridized carbons (Fsp3) is 0.375. The molecule has 0 saturated heterocycles. The molecule has 0 saturated carbocycles. The predicted octanol–water partition coefficient (Wildman–Crippen LogP) is 2.61. The molecule has 1 unspecified atom stereocenters. The minimum Gasteiger partial charge on any atom is -0.460 e. The van der Waals surface area contributed by atoms with Gasteiger partial charge in [-0.2, -0.15) is 0 Å². The third kappa shape index (κ3) is 3.73.